The van der Waals surface area contributed by atoms with Gasteiger partial charge < -0.3 is 23.7 Å². The quantitative estimate of drug-likeness (QED) is 0.510. The molecule has 0 amide bonds. The van der Waals surface area contributed by atoms with Crippen molar-refractivity contribution in [2.24, 2.45) is 0 Å². The van der Waals surface area contributed by atoms with E-state index in [9.17, 15) is 4.79 Å². The van der Waals surface area contributed by atoms with Crippen molar-refractivity contribution >= 4 is 17.3 Å². The Balaban J connectivity index is 1.74. The Kier molecular flexibility index (Phi) is 6.56. The third-order valence-electron chi connectivity index (χ3n) is 4.16. The number of ether oxygens (including phenoxy) is 5. The molecule has 8 heteroatoms. The highest BCUT2D eigenvalue weighted by Crippen LogP contribution is 2.39. The van der Waals surface area contributed by atoms with E-state index < -0.39 is 5.97 Å². The highest BCUT2D eigenvalue weighted by molar-refractivity contribution is 7.13. The number of benzene rings is 2. The molecular weight excluding hydrogens is 394 g/mol. The van der Waals surface area contributed by atoms with Gasteiger partial charge in [0.15, 0.2) is 11.5 Å². The summed E-state index contributed by atoms with van der Waals surface area (Å²) in [6, 6.07) is 10.5. The summed E-state index contributed by atoms with van der Waals surface area (Å²) < 4.78 is 26.6. The van der Waals surface area contributed by atoms with Crippen molar-refractivity contribution in [1.29, 1.82) is 0 Å². The summed E-state index contributed by atoms with van der Waals surface area (Å²) in [6.45, 7) is 0.0385. The number of para-hydroxylation sites is 1. The smallest absolute Gasteiger partial charge is 0.342 e. The number of carbonyl (C=O) groups excluding carboxylic acids is 1. The Bertz CT molecular complexity index is 1000. The SMILES string of the molecule is COc1ccc(C(=O)OCc2csc(-c3cccc(OC)c3OC)n2)c(OC)c1. The molecule has 0 saturated carbocycles. The zero-order valence-corrected chi connectivity index (χ0v) is 17.4. The topological polar surface area (TPSA) is 76.1 Å². The molecule has 0 spiro atoms. The van der Waals surface area contributed by atoms with Crippen molar-refractivity contribution in [3.63, 3.8) is 0 Å². The van der Waals surface area contributed by atoms with Gasteiger partial charge in [-0.25, -0.2) is 9.78 Å². The lowest BCUT2D eigenvalue weighted by atomic mass is 10.2. The van der Waals surface area contributed by atoms with Crippen molar-refractivity contribution in [3.05, 3.63) is 53.0 Å². The summed E-state index contributed by atoms with van der Waals surface area (Å²) in [4.78, 5) is 17.0. The number of nitrogens with zero attached hydrogens (tertiary/aromatic N) is 1. The summed E-state index contributed by atoms with van der Waals surface area (Å²) in [5.74, 6) is 1.71. The molecule has 152 valence electrons. The number of thiazole rings is 1. The Labute approximate surface area is 172 Å². The molecule has 7 nitrogen and oxygen atoms in total. The Morgan fingerprint density at radius 2 is 1.76 bits per heavy atom. The van der Waals surface area contributed by atoms with E-state index in [1.807, 2.05) is 23.6 Å². The molecule has 0 unspecified atom stereocenters. The minimum Gasteiger partial charge on any atom is -0.497 e. The van der Waals surface area contributed by atoms with Crippen LogP contribution in [0.25, 0.3) is 10.6 Å². The van der Waals surface area contributed by atoms with Crippen molar-refractivity contribution in [2.45, 2.75) is 6.61 Å². The van der Waals surface area contributed by atoms with Crippen LogP contribution in [0.4, 0.5) is 0 Å². The van der Waals surface area contributed by atoms with Crippen LogP contribution in [0.2, 0.25) is 0 Å². The van der Waals surface area contributed by atoms with Gasteiger partial charge in [-0.1, -0.05) is 6.07 Å². The lowest BCUT2D eigenvalue weighted by molar-refractivity contribution is 0.0465. The molecule has 0 atom stereocenters. The molecular formula is C21H21NO6S. The standard InChI is InChI=1S/C21H21NO6S/c1-24-14-8-9-15(18(10-14)26-3)21(23)28-11-13-12-29-20(22-13)16-6-5-7-17(25-2)19(16)27-4/h5-10,12H,11H2,1-4H3. The Morgan fingerprint density at radius 3 is 2.45 bits per heavy atom. The van der Waals surface area contributed by atoms with Gasteiger partial charge >= 0.3 is 5.97 Å². The predicted molar refractivity (Wildman–Crippen MR) is 109 cm³/mol. The van der Waals surface area contributed by atoms with E-state index in [-0.39, 0.29) is 6.61 Å². The van der Waals surface area contributed by atoms with E-state index in [2.05, 4.69) is 4.98 Å². The first-order valence-electron chi connectivity index (χ1n) is 8.66. The first-order valence-corrected chi connectivity index (χ1v) is 9.54. The van der Waals surface area contributed by atoms with Crippen LogP contribution in [-0.2, 0) is 11.3 Å². The van der Waals surface area contributed by atoms with E-state index in [1.165, 1.54) is 18.4 Å². The van der Waals surface area contributed by atoms with E-state index in [1.54, 1.807) is 39.5 Å². The summed E-state index contributed by atoms with van der Waals surface area (Å²) in [7, 11) is 6.20. The highest BCUT2D eigenvalue weighted by Gasteiger charge is 2.17. The maximum atomic E-state index is 12.5. The van der Waals surface area contributed by atoms with Crippen LogP contribution in [-0.4, -0.2) is 39.4 Å². The molecule has 3 aromatic rings. The largest absolute Gasteiger partial charge is 0.497 e. The second-order valence-electron chi connectivity index (χ2n) is 5.83. The monoisotopic (exact) mass is 415 g/mol. The van der Waals surface area contributed by atoms with E-state index in [0.717, 1.165) is 10.6 Å². The summed E-state index contributed by atoms with van der Waals surface area (Å²) >= 11 is 1.43. The molecule has 0 aliphatic heterocycles. The molecule has 1 heterocycles. The van der Waals surface area contributed by atoms with Crippen LogP contribution >= 0.6 is 11.3 Å². The minimum atomic E-state index is -0.502. The zero-order valence-electron chi connectivity index (χ0n) is 16.6. The molecule has 29 heavy (non-hydrogen) atoms. The van der Waals surface area contributed by atoms with Crippen LogP contribution in [0.5, 0.6) is 23.0 Å². The lowest BCUT2D eigenvalue weighted by Gasteiger charge is -2.10. The predicted octanol–water partition coefficient (Wildman–Crippen LogP) is 4.20. The van der Waals surface area contributed by atoms with Gasteiger partial charge in [0.05, 0.1) is 39.7 Å². The van der Waals surface area contributed by atoms with Gasteiger partial charge in [-0.2, -0.15) is 0 Å². The molecule has 0 radical (unpaired) electrons. The number of esters is 1. The third-order valence-corrected chi connectivity index (χ3v) is 5.09. The molecule has 0 aliphatic rings. The Morgan fingerprint density at radius 1 is 0.966 bits per heavy atom. The number of carbonyl (C=O) groups is 1. The second-order valence-corrected chi connectivity index (χ2v) is 6.69. The molecule has 0 saturated heterocycles. The number of hydrogen-bond donors (Lipinski definition) is 0. The van der Waals surface area contributed by atoms with Crippen LogP contribution in [0.1, 0.15) is 16.1 Å². The van der Waals surface area contributed by atoms with Gasteiger partial charge in [0.2, 0.25) is 0 Å². The average Bonchev–Trinajstić information content (AvgIpc) is 3.25. The summed E-state index contributed by atoms with van der Waals surface area (Å²) in [5, 5.41) is 2.58. The highest BCUT2D eigenvalue weighted by atomic mass is 32.1. The van der Waals surface area contributed by atoms with Gasteiger partial charge in [0.25, 0.3) is 0 Å². The molecule has 0 bridgehead atoms. The van der Waals surface area contributed by atoms with Gasteiger partial charge in [0.1, 0.15) is 28.7 Å². The van der Waals surface area contributed by atoms with Crippen LogP contribution in [0.15, 0.2) is 41.8 Å². The van der Waals surface area contributed by atoms with Crippen LogP contribution < -0.4 is 18.9 Å². The van der Waals surface area contributed by atoms with Crippen molar-refractivity contribution < 1.29 is 28.5 Å². The molecule has 2 aromatic carbocycles. The van der Waals surface area contributed by atoms with Gasteiger partial charge in [-0.3, -0.25) is 0 Å². The fourth-order valence-electron chi connectivity index (χ4n) is 2.74. The molecule has 1 aromatic heterocycles. The van der Waals surface area contributed by atoms with Crippen molar-refractivity contribution in [2.75, 3.05) is 28.4 Å². The first-order chi connectivity index (χ1) is 14.1. The van der Waals surface area contributed by atoms with Crippen molar-refractivity contribution in [3.8, 4) is 33.6 Å². The number of rotatable bonds is 8. The third kappa shape index (κ3) is 4.43. The molecule has 0 fully saturated rings. The van der Waals surface area contributed by atoms with E-state index >= 15 is 0 Å². The number of methoxy groups -OCH3 is 4. The minimum absolute atomic E-state index is 0.0385. The molecule has 0 N–H and O–H groups in total. The normalized spacial score (nSPS) is 10.3. The van der Waals surface area contributed by atoms with E-state index in [0.29, 0.717) is 34.3 Å². The van der Waals surface area contributed by atoms with Gasteiger partial charge in [0, 0.05) is 11.4 Å². The number of hydrogen-bond acceptors (Lipinski definition) is 8. The maximum absolute atomic E-state index is 12.5. The van der Waals surface area contributed by atoms with Gasteiger partial charge in [-0.15, -0.1) is 11.3 Å². The summed E-state index contributed by atoms with van der Waals surface area (Å²) in [6.07, 6.45) is 0. The molecule has 3 rings (SSSR count). The van der Waals surface area contributed by atoms with Crippen LogP contribution in [0.3, 0.4) is 0 Å². The second kappa shape index (κ2) is 9.29. The number of aromatic nitrogens is 1. The van der Waals surface area contributed by atoms with Crippen molar-refractivity contribution in [1.82, 2.24) is 4.98 Å². The zero-order chi connectivity index (χ0) is 20.8. The fourth-order valence-corrected chi connectivity index (χ4v) is 3.56. The first kappa shape index (κ1) is 20.5. The fraction of sp³-hybridized carbons (Fsp3) is 0.238. The van der Waals surface area contributed by atoms with E-state index in [4.69, 9.17) is 23.7 Å². The van der Waals surface area contributed by atoms with Gasteiger partial charge in [-0.05, 0) is 24.3 Å². The van der Waals surface area contributed by atoms with Crippen LogP contribution in [0, 0.1) is 0 Å². The maximum Gasteiger partial charge on any atom is 0.342 e. The molecule has 0 aliphatic carbocycles. The summed E-state index contributed by atoms with van der Waals surface area (Å²) in [5.41, 5.74) is 1.76. The Hall–Kier alpha value is -3.26. The average molecular weight is 415 g/mol. The lowest BCUT2D eigenvalue weighted by Crippen LogP contribution is -2.07.